The van der Waals surface area contributed by atoms with Crippen LogP contribution in [0.1, 0.15) is 74.4 Å². The second-order valence-corrected chi connectivity index (χ2v) is 7.85. The predicted octanol–water partition coefficient (Wildman–Crippen LogP) is 3.53. The van der Waals surface area contributed by atoms with Crippen LogP contribution in [0.5, 0.6) is 0 Å². The number of fused-ring (bicyclic) bond motifs is 1. The van der Waals surface area contributed by atoms with E-state index in [1.165, 1.54) is 51.4 Å². The van der Waals surface area contributed by atoms with E-state index in [0.717, 1.165) is 49.1 Å². The highest BCUT2D eigenvalue weighted by atomic mass is 16.1. The first-order valence-electron chi connectivity index (χ1n) is 9.79. The predicted molar refractivity (Wildman–Crippen MR) is 96.1 cm³/mol. The Hall–Kier alpha value is -1.42. The molecule has 2 heterocycles. The highest BCUT2D eigenvalue weighted by molar-refractivity contribution is 5.22. The summed E-state index contributed by atoms with van der Waals surface area (Å²) in [5, 5.41) is 0. The summed E-state index contributed by atoms with van der Waals surface area (Å²) in [6.07, 6.45) is 15.5. The zero-order chi connectivity index (χ0) is 16.4. The van der Waals surface area contributed by atoms with Gasteiger partial charge >= 0.3 is 0 Å². The van der Waals surface area contributed by atoms with E-state index in [4.69, 9.17) is 4.98 Å². The Morgan fingerprint density at radius 3 is 2.83 bits per heavy atom. The van der Waals surface area contributed by atoms with Crippen LogP contribution in [0.2, 0.25) is 0 Å². The molecule has 130 valence electrons. The molecule has 1 unspecified atom stereocenters. The summed E-state index contributed by atoms with van der Waals surface area (Å²) in [4.78, 5) is 23.1. The van der Waals surface area contributed by atoms with E-state index in [1.54, 1.807) is 0 Å². The topological polar surface area (TPSA) is 49.0 Å². The molecule has 0 bridgehead atoms. The quantitative estimate of drug-likeness (QED) is 0.864. The molecule has 3 aliphatic rings. The van der Waals surface area contributed by atoms with Gasteiger partial charge in [0.1, 0.15) is 5.82 Å². The molecule has 1 aromatic rings. The van der Waals surface area contributed by atoms with Crippen LogP contribution in [0.3, 0.4) is 0 Å². The smallest absolute Gasteiger partial charge is 0.255 e. The average Bonchev–Trinajstić information content (AvgIpc) is 2.64. The fraction of sp³-hybridized carbons (Fsp3) is 0.700. The minimum atomic E-state index is 0.119. The number of rotatable bonds is 3. The Morgan fingerprint density at radius 1 is 1.17 bits per heavy atom. The van der Waals surface area contributed by atoms with E-state index in [2.05, 4.69) is 22.0 Å². The van der Waals surface area contributed by atoms with Crippen LogP contribution < -0.4 is 5.56 Å². The van der Waals surface area contributed by atoms with Gasteiger partial charge in [-0.05, 0) is 38.0 Å². The van der Waals surface area contributed by atoms with Gasteiger partial charge in [0.05, 0.1) is 11.3 Å². The van der Waals surface area contributed by atoms with Crippen molar-refractivity contribution in [3.05, 3.63) is 39.6 Å². The van der Waals surface area contributed by atoms with Crippen molar-refractivity contribution >= 4 is 0 Å². The van der Waals surface area contributed by atoms with Crippen LogP contribution in [-0.2, 0) is 13.0 Å². The molecule has 2 aliphatic carbocycles. The Labute approximate surface area is 144 Å². The lowest BCUT2D eigenvalue weighted by molar-refractivity contribution is 0.203. The van der Waals surface area contributed by atoms with Crippen molar-refractivity contribution in [3.8, 4) is 0 Å². The summed E-state index contributed by atoms with van der Waals surface area (Å²) >= 11 is 0. The minimum absolute atomic E-state index is 0.119. The van der Waals surface area contributed by atoms with Crippen molar-refractivity contribution in [2.75, 3.05) is 13.1 Å². The molecule has 0 saturated heterocycles. The standard InChI is InChI=1S/C20H29N3O/c24-20-17-14-23(13-15-7-3-1-4-8-15)12-11-18(17)21-19(22-20)16-9-5-2-6-10-16/h1,3,15-16H,2,4-14H2,(H,21,22,24). The normalized spacial score (nSPS) is 25.6. The lowest BCUT2D eigenvalue weighted by Gasteiger charge is -2.32. The van der Waals surface area contributed by atoms with E-state index in [0.29, 0.717) is 5.92 Å². The number of nitrogens with one attached hydrogen (secondary N) is 1. The van der Waals surface area contributed by atoms with Crippen LogP contribution in [-0.4, -0.2) is 28.0 Å². The fourth-order valence-corrected chi connectivity index (χ4v) is 4.61. The van der Waals surface area contributed by atoms with Crippen molar-refractivity contribution in [2.45, 2.75) is 70.3 Å². The molecule has 0 aromatic carbocycles. The molecule has 1 saturated carbocycles. The number of H-pyrrole nitrogens is 1. The maximum atomic E-state index is 12.6. The number of nitrogens with zero attached hydrogens (tertiary/aromatic N) is 2. The molecule has 4 rings (SSSR count). The molecule has 1 aromatic heterocycles. The monoisotopic (exact) mass is 327 g/mol. The number of allylic oxidation sites excluding steroid dienone is 2. The lowest BCUT2D eigenvalue weighted by Crippen LogP contribution is -2.39. The number of aromatic amines is 1. The number of hydrogen-bond donors (Lipinski definition) is 1. The van der Waals surface area contributed by atoms with Gasteiger partial charge in [-0.25, -0.2) is 4.98 Å². The Kier molecular flexibility index (Phi) is 4.83. The maximum absolute atomic E-state index is 12.6. The molecule has 0 radical (unpaired) electrons. The van der Waals surface area contributed by atoms with E-state index in [1.807, 2.05) is 0 Å². The summed E-state index contributed by atoms with van der Waals surface area (Å²) in [6, 6.07) is 0. The van der Waals surface area contributed by atoms with Crippen LogP contribution >= 0.6 is 0 Å². The van der Waals surface area contributed by atoms with E-state index < -0.39 is 0 Å². The van der Waals surface area contributed by atoms with Crippen LogP contribution in [0.15, 0.2) is 16.9 Å². The molecule has 1 N–H and O–H groups in total. The van der Waals surface area contributed by atoms with Crippen LogP contribution in [0.4, 0.5) is 0 Å². The van der Waals surface area contributed by atoms with Gasteiger partial charge in [0.15, 0.2) is 0 Å². The SMILES string of the molecule is O=c1[nH]c(C2CCCCC2)nc2c1CN(CC1CC=CCC1)CC2. The molecule has 0 amide bonds. The molecular formula is C20H29N3O. The van der Waals surface area contributed by atoms with Gasteiger partial charge in [-0.15, -0.1) is 0 Å². The Morgan fingerprint density at radius 2 is 2.04 bits per heavy atom. The third-order valence-electron chi connectivity index (χ3n) is 6.05. The molecule has 1 aliphatic heterocycles. The third kappa shape index (κ3) is 3.49. The highest BCUT2D eigenvalue weighted by Crippen LogP contribution is 2.31. The zero-order valence-electron chi connectivity index (χ0n) is 14.6. The molecule has 24 heavy (non-hydrogen) atoms. The lowest BCUT2D eigenvalue weighted by atomic mass is 9.88. The molecule has 4 nitrogen and oxygen atoms in total. The van der Waals surface area contributed by atoms with Gasteiger partial charge in [-0.1, -0.05) is 31.4 Å². The maximum Gasteiger partial charge on any atom is 0.255 e. The molecule has 1 atom stereocenters. The number of aromatic nitrogens is 2. The minimum Gasteiger partial charge on any atom is -0.310 e. The molecule has 0 spiro atoms. The third-order valence-corrected chi connectivity index (χ3v) is 6.05. The van der Waals surface area contributed by atoms with Gasteiger partial charge < -0.3 is 4.98 Å². The second kappa shape index (κ2) is 7.22. The molecule has 1 fully saturated rings. The summed E-state index contributed by atoms with van der Waals surface area (Å²) < 4.78 is 0. The first-order chi connectivity index (χ1) is 11.8. The number of hydrogen-bond acceptors (Lipinski definition) is 3. The van der Waals surface area contributed by atoms with E-state index in [9.17, 15) is 4.79 Å². The van der Waals surface area contributed by atoms with Crippen molar-refractivity contribution in [3.63, 3.8) is 0 Å². The fourth-order valence-electron chi connectivity index (χ4n) is 4.61. The van der Waals surface area contributed by atoms with Crippen molar-refractivity contribution in [1.29, 1.82) is 0 Å². The Balaban J connectivity index is 1.47. The average molecular weight is 327 g/mol. The van der Waals surface area contributed by atoms with Crippen LogP contribution in [0, 0.1) is 5.92 Å². The highest BCUT2D eigenvalue weighted by Gasteiger charge is 2.25. The second-order valence-electron chi connectivity index (χ2n) is 7.85. The largest absolute Gasteiger partial charge is 0.310 e. The van der Waals surface area contributed by atoms with Crippen molar-refractivity contribution < 1.29 is 0 Å². The summed E-state index contributed by atoms with van der Waals surface area (Å²) in [6.45, 7) is 2.95. The van der Waals surface area contributed by atoms with Gasteiger partial charge in [0, 0.05) is 32.0 Å². The Bertz CT molecular complexity index is 657. The van der Waals surface area contributed by atoms with Crippen LogP contribution in [0.25, 0.3) is 0 Å². The molecule has 4 heteroatoms. The first-order valence-corrected chi connectivity index (χ1v) is 9.79. The van der Waals surface area contributed by atoms with E-state index in [-0.39, 0.29) is 5.56 Å². The first kappa shape index (κ1) is 16.1. The summed E-state index contributed by atoms with van der Waals surface area (Å²) in [7, 11) is 0. The zero-order valence-corrected chi connectivity index (χ0v) is 14.6. The summed E-state index contributed by atoms with van der Waals surface area (Å²) in [5.41, 5.74) is 2.11. The van der Waals surface area contributed by atoms with Crippen molar-refractivity contribution in [2.24, 2.45) is 5.92 Å². The van der Waals surface area contributed by atoms with E-state index >= 15 is 0 Å². The van der Waals surface area contributed by atoms with Gasteiger partial charge in [0.2, 0.25) is 0 Å². The van der Waals surface area contributed by atoms with Gasteiger partial charge in [-0.2, -0.15) is 0 Å². The summed E-state index contributed by atoms with van der Waals surface area (Å²) in [5.74, 6) is 2.19. The molecular weight excluding hydrogens is 298 g/mol. The van der Waals surface area contributed by atoms with Crippen molar-refractivity contribution in [1.82, 2.24) is 14.9 Å². The van der Waals surface area contributed by atoms with Gasteiger partial charge in [-0.3, -0.25) is 9.69 Å². The van der Waals surface area contributed by atoms with Gasteiger partial charge in [0.25, 0.3) is 5.56 Å².